The topological polar surface area (TPSA) is 81.2 Å². The minimum Gasteiger partial charge on any atom is -0.490 e. The number of carbonyl (C=O) groups is 1. The molecular weight excluding hydrogens is 442 g/mol. The molecule has 1 atom stereocenters. The van der Waals surface area contributed by atoms with E-state index in [0.717, 1.165) is 17.7 Å². The van der Waals surface area contributed by atoms with E-state index in [-0.39, 0.29) is 0 Å². The van der Waals surface area contributed by atoms with E-state index in [0.29, 0.717) is 42.9 Å². The molecular formula is C28H33N3O4. The van der Waals surface area contributed by atoms with Crippen molar-refractivity contribution in [1.82, 2.24) is 5.43 Å². The van der Waals surface area contributed by atoms with Crippen molar-refractivity contribution in [1.29, 1.82) is 0 Å². The predicted octanol–water partition coefficient (Wildman–Crippen LogP) is 6.21. The van der Waals surface area contributed by atoms with E-state index < -0.39 is 6.03 Å². The number of nitrogens with one attached hydrogen (secondary N) is 2. The van der Waals surface area contributed by atoms with Crippen LogP contribution in [-0.2, 0) is 0 Å². The maximum Gasteiger partial charge on any atom is 0.339 e. The Balaban J connectivity index is 1.49. The Hall–Kier alpha value is -4.00. The molecule has 0 heterocycles. The monoisotopic (exact) mass is 475 g/mol. The number of anilines is 1. The fraction of sp³-hybridized carbons (Fsp3) is 0.286. The summed E-state index contributed by atoms with van der Waals surface area (Å²) in [6, 6.07) is 22.4. The zero-order chi connectivity index (χ0) is 24.9. The van der Waals surface area contributed by atoms with Gasteiger partial charge in [-0.1, -0.05) is 44.2 Å². The summed E-state index contributed by atoms with van der Waals surface area (Å²) in [7, 11) is 0. The number of nitrogens with zero attached hydrogens (tertiary/aromatic N) is 1. The SMILES string of the molecule is CCOc1cc(/C=N/NC(=O)Nc2ccccc2)ccc1OCCOc1ccc(C(C)CC)cc1. The first kappa shape index (κ1) is 25.6. The number of benzene rings is 3. The third-order valence-electron chi connectivity index (χ3n) is 5.35. The second-order valence-corrected chi connectivity index (χ2v) is 7.90. The maximum absolute atomic E-state index is 11.9. The predicted molar refractivity (Wildman–Crippen MR) is 140 cm³/mol. The van der Waals surface area contributed by atoms with Crippen LogP contribution in [0.1, 0.15) is 44.2 Å². The van der Waals surface area contributed by atoms with Crippen LogP contribution in [0.5, 0.6) is 17.2 Å². The number of carbonyl (C=O) groups excluding carboxylic acids is 1. The quantitative estimate of drug-likeness (QED) is 0.185. The fourth-order valence-corrected chi connectivity index (χ4v) is 3.28. The molecule has 2 amide bonds. The van der Waals surface area contributed by atoms with E-state index in [1.807, 2.05) is 55.5 Å². The van der Waals surface area contributed by atoms with Gasteiger partial charge >= 0.3 is 6.03 Å². The number of urea groups is 1. The van der Waals surface area contributed by atoms with Crippen molar-refractivity contribution >= 4 is 17.9 Å². The van der Waals surface area contributed by atoms with Crippen molar-refractivity contribution in [3.8, 4) is 17.2 Å². The Morgan fingerprint density at radius 3 is 2.37 bits per heavy atom. The number of hydrogen-bond acceptors (Lipinski definition) is 5. The maximum atomic E-state index is 11.9. The van der Waals surface area contributed by atoms with Gasteiger partial charge in [-0.3, -0.25) is 0 Å². The standard InChI is InChI=1S/C28H33N3O4/c1-4-21(3)23-12-14-25(15-13-23)34-17-18-35-26-16-11-22(19-27(26)33-5-2)20-29-31-28(32)30-24-9-7-6-8-10-24/h6-16,19-21H,4-5,17-18H2,1-3H3,(H2,30,31,32)/b29-20+. The van der Waals surface area contributed by atoms with Crippen LogP contribution in [0.3, 0.4) is 0 Å². The van der Waals surface area contributed by atoms with Crippen LogP contribution in [0.25, 0.3) is 0 Å². The minimum absolute atomic E-state index is 0.377. The summed E-state index contributed by atoms with van der Waals surface area (Å²) in [6.07, 6.45) is 2.66. The molecule has 0 aromatic heterocycles. The lowest BCUT2D eigenvalue weighted by atomic mass is 9.99. The fourth-order valence-electron chi connectivity index (χ4n) is 3.28. The molecule has 2 N–H and O–H groups in total. The van der Waals surface area contributed by atoms with Gasteiger partial charge in [0.2, 0.25) is 0 Å². The smallest absolute Gasteiger partial charge is 0.339 e. The summed E-state index contributed by atoms with van der Waals surface area (Å²) < 4.78 is 17.4. The average molecular weight is 476 g/mol. The molecule has 1 unspecified atom stereocenters. The molecule has 0 fully saturated rings. The van der Waals surface area contributed by atoms with Crippen LogP contribution in [0.4, 0.5) is 10.5 Å². The Morgan fingerprint density at radius 2 is 1.66 bits per heavy atom. The lowest BCUT2D eigenvalue weighted by molar-refractivity contribution is 0.208. The molecule has 3 aromatic carbocycles. The van der Waals surface area contributed by atoms with E-state index in [1.165, 1.54) is 5.56 Å². The molecule has 0 radical (unpaired) electrons. The largest absolute Gasteiger partial charge is 0.490 e. The van der Waals surface area contributed by atoms with E-state index in [9.17, 15) is 4.79 Å². The third-order valence-corrected chi connectivity index (χ3v) is 5.35. The van der Waals surface area contributed by atoms with Gasteiger partial charge in [0.15, 0.2) is 11.5 Å². The molecule has 0 aliphatic carbocycles. The van der Waals surface area contributed by atoms with E-state index in [2.05, 4.69) is 41.8 Å². The Kier molecular flexibility index (Phi) is 9.99. The van der Waals surface area contributed by atoms with Crippen molar-refractivity contribution in [3.63, 3.8) is 0 Å². The minimum atomic E-state index is -0.424. The lowest BCUT2D eigenvalue weighted by Crippen LogP contribution is -2.24. The highest BCUT2D eigenvalue weighted by Gasteiger charge is 2.07. The van der Waals surface area contributed by atoms with Crippen LogP contribution in [-0.4, -0.2) is 32.1 Å². The van der Waals surface area contributed by atoms with Crippen molar-refractivity contribution < 1.29 is 19.0 Å². The molecule has 0 bridgehead atoms. The summed E-state index contributed by atoms with van der Waals surface area (Å²) in [5, 5.41) is 6.70. The molecule has 0 spiro atoms. The molecule has 3 rings (SSSR count). The van der Waals surface area contributed by atoms with Gasteiger partial charge in [-0.25, -0.2) is 10.2 Å². The number of rotatable bonds is 12. The summed E-state index contributed by atoms with van der Waals surface area (Å²) in [4.78, 5) is 11.9. The van der Waals surface area contributed by atoms with Crippen LogP contribution in [0.2, 0.25) is 0 Å². The average Bonchev–Trinajstić information content (AvgIpc) is 2.88. The van der Waals surface area contributed by atoms with Gasteiger partial charge < -0.3 is 19.5 Å². The van der Waals surface area contributed by atoms with E-state index in [4.69, 9.17) is 14.2 Å². The van der Waals surface area contributed by atoms with Gasteiger partial charge in [-0.05, 0) is 72.9 Å². The molecule has 0 aliphatic heterocycles. The van der Waals surface area contributed by atoms with Crippen molar-refractivity contribution in [3.05, 3.63) is 83.9 Å². The summed E-state index contributed by atoms with van der Waals surface area (Å²) in [5.41, 5.74) is 5.21. The highest BCUT2D eigenvalue weighted by atomic mass is 16.5. The van der Waals surface area contributed by atoms with Gasteiger partial charge in [0, 0.05) is 5.69 Å². The molecule has 7 nitrogen and oxygen atoms in total. The Labute approximate surface area is 207 Å². The summed E-state index contributed by atoms with van der Waals surface area (Å²) in [6.45, 7) is 7.60. The highest BCUT2D eigenvalue weighted by Crippen LogP contribution is 2.28. The second kappa shape index (κ2) is 13.6. The van der Waals surface area contributed by atoms with E-state index in [1.54, 1.807) is 18.3 Å². The number of hydrogen-bond donors (Lipinski definition) is 2. The molecule has 3 aromatic rings. The molecule has 0 aliphatic rings. The number of para-hydroxylation sites is 1. The van der Waals surface area contributed by atoms with Gasteiger partial charge in [-0.2, -0.15) is 5.10 Å². The van der Waals surface area contributed by atoms with Gasteiger partial charge in [0.25, 0.3) is 0 Å². The molecule has 35 heavy (non-hydrogen) atoms. The normalized spacial score (nSPS) is 11.6. The number of amides is 2. The van der Waals surface area contributed by atoms with Crippen LogP contribution in [0, 0.1) is 0 Å². The van der Waals surface area contributed by atoms with Gasteiger partial charge in [-0.15, -0.1) is 0 Å². The highest BCUT2D eigenvalue weighted by molar-refractivity contribution is 5.90. The zero-order valence-corrected chi connectivity index (χ0v) is 20.5. The van der Waals surface area contributed by atoms with Crippen LogP contribution >= 0.6 is 0 Å². The van der Waals surface area contributed by atoms with Crippen LogP contribution < -0.4 is 25.0 Å². The Morgan fingerprint density at radius 1 is 0.914 bits per heavy atom. The number of hydrazone groups is 1. The number of ether oxygens (including phenoxy) is 3. The second-order valence-electron chi connectivity index (χ2n) is 7.90. The van der Waals surface area contributed by atoms with Gasteiger partial charge in [0.05, 0.1) is 12.8 Å². The molecule has 0 saturated heterocycles. The molecule has 7 heteroatoms. The van der Waals surface area contributed by atoms with E-state index >= 15 is 0 Å². The third kappa shape index (κ3) is 8.37. The summed E-state index contributed by atoms with van der Waals surface area (Å²) >= 11 is 0. The summed E-state index contributed by atoms with van der Waals surface area (Å²) in [5.74, 6) is 2.58. The van der Waals surface area contributed by atoms with Crippen molar-refractivity contribution in [2.45, 2.75) is 33.1 Å². The van der Waals surface area contributed by atoms with Crippen LogP contribution in [0.15, 0.2) is 77.9 Å². The zero-order valence-electron chi connectivity index (χ0n) is 20.5. The molecule has 0 saturated carbocycles. The van der Waals surface area contributed by atoms with Gasteiger partial charge in [0.1, 0.15) is 19.0 Å². The molecule has 184 valence electrons. The first-order valence-corrected chi connectivity index (χ1v) is 11.9. The first-order chi connectivity index (χ1) is 17.1. The first-order valence-electron chi connectivity index (χ1n) is 11.9. The van der Waals surface area contributed by atoms with Crippen molar-refractivity contribution in [2.75, 3.05) is 25.1 Å². The Bertz CT molecular complexity index is 1090. The van der Waals surface area contributed by atoms with Crippen molar-refractivity contribution in [2.24, 2.45) is 5.10 Å². The lowest BCUT2D eigenvalue weighted by Gasteiger charge is -2.14.